The number of hydrogen-bond acceptors (Lipinski definition) is 3. The molecule has 0 N–H and O–H groups in total. The number of rotatable bonds is 3. The first-order valence-corrected chi connectivity index (χ1v) is 7.77. The third-order valence-electron chi connectivity index (χ3n) is 3.41. The number of aryl methyl sites for hydroxylation is 1. The van der Waals surface area contributed by atoms with E-state index in [4.69, 9.17) is 0 Å². The van der Waals surface area contributed by atoms with Crippen LogP contribution in [0.3, 0.4) is 0 Å². The minimum atomic E-state index is -4.43. The van der Waals surface area contributed by atoms with Crippen molar-refractivity contribution in [1.82, 2.24) is 0 Å². The zero-order valence-corrected chi connectivity index (χ0v) is 15.1. The van der Waals surface area contributed by atoms with Gasteiger partial charge in [0.1, 0.15) is 10.1 Å². The van der Waals surface area contributed by atoms with Crippen molar-refractivity contribution in [3.8, 4) is 11.1 Å². The van der Waals surface area contributed by atoms with E-state index in [1.165, 1.54) is 6.07 Å². The quantitative estimate of drug-likeness (QED) is 0.608. The van der Waals surface area contributed by atoms with E-state index in [0.717, 1.165) is 16.7 Å². The van der Waals surface area contributed by atoms with Gasteiger partial charge in [0.05, 0.1) is 4.90 Å². The summed E-state index contributed by atoms with van der Waals surface area (Å²) in [6, 6.07) is 9.04. The topological polar surface area (TPSA) is 57.2 Å². The average Bonchev–Trinajstić information content (AvgIpc) is 2.52. The molecule has 0 radical (unpaired) electrons. The van der Waals surface area contributed by atoms with Crippen molar-refractivity contribution < 1.29 is 42.5 Å². The molecule has 0 heterocycles. The predicted molar refractivity (Wildman–Crippen MR) is 74.5 cm³/mol. The van der Waals surface area contributed by atoms with Crippen LogP contribution >= 0.6 is 0 Å². The van der Waals surface area contributed by atoms with Crippen molar-refractivity contribution in [2.75, 3.05) is 0 Å². The molecule has 0 unspecified atom stereocenters. The molecule has 3 nitrogen and oxygen atoms in total. The molecule has 102 valence electrons. The first kappa shape index (κ1) is 17.7. The maximum atomic E-state index is 11.3. The van der Waals surface area contributed by atoms with Gasteiger partial charge in [-0.3, -0.25) is 0 Å². The molecule has 0 saturated heterocycles. The zero-order chi connectivity index (χ0) is 14.2. The summed E-state index contributed by atoms with van der Waals surface area (Å²) in [5.74, 6) is 0.355. The van der Waals surface area contributed by atoms with Gasteiger partial charge in [-0.2, -0.15) is 0 Å². The SMILES string of the molecule is CCc1cc(S(=O)(=O)[O-])c2ccc(C(C)C)ccc1-2.[Na+]. The third kappa shape index (κ3) is 3.43. The molecule has 0 atom stereocenters. The Morgan fingerprint density at radius 1 is 1.10 bits per heavy atom. The van der Waals surface area contributed by atoms with E-state index in [-0.39, 0.29) is 34.5 Å². The summed E-state index contributed by atoms with van der Waals surface area (Å²) >= 11 is 0. The van der Waals surface area contributed by atoms with Gasteiger partial charge in [-0.15, -0.1) is 0 Å². The van der Waals surface area contributed by atoms with Crippen LogP contribution in [0.1, 0.15) is 37.8 Å². The Labute approximate surface area is 142 Å². The molecule has 20 heavy (non-hydrogen) atoms. The van der Waals surface area contributed by atoms with Gasteiger partial charge in [-0.05, 0) is 40.7 Å². The molecule has 0 aromatic heterocycles. The van der Waals surface area contributed by atoms with Gasteiger partial charge in [0.15, 0.2) is 0 Å². The Balaban J connectivity index is 0.00000200. The van der Waals surface area contributed by atoms with Crippen LogP contribution in [0.4, 0.5) is 0 Å². The van der Waals surface area contributed by atoms with Gasteiger partial charge >= 0.3 is 29.6 Å². The molecule has 0 amide bonds. The van der Waals surface area contributed by atoms with Gasteiger partial charge in [0.25, 0.3) is 0 Å². The largest absolute Gasteiger partial charge is 1.00 e. The van der Waals surface area contributed by atoms with Gasteiger partial charge in [0, 0.05) is 0 Å². The van der Waals surface area contributed by atoms with Crippen LogP contribution in [0.5, 0.6) is 0 Å². The van der Waals surface area contributed by atoms with Crippen molar-refractivity contribution in [2.24, 2.45) is 0 Å². The van der Waals surface area contributed by atoms with Crippen LogP contribution < -0.4 is 29.6 Å². The number of hydrogen-bond donors (Lipinski definition) is 0. The van der Waals surface area contributed by atoms with Gasteiger partial charge in [0.2, 0.25) is 0 Å². The third-order valence-corrected chi connectivity index (χ3v) is 4.29. The molecule has 0 spiro atoms. The molecule has 0 aromatic carbocycles. The van der Waals surface area contributed by atoms with Crippen molar-refractivity contribution in [1.29, 1.82) is 0 Å². The van der Waals surface area contributed by atoms with E-state index < -0.39 is 10.1 Å². The molecule has 2 aliphatic carbocycles. The van der Waals surface area contributed by atoms with Gasteiger partial charge in [-0.25, -0.2) is 8.42 Å². The molecule has 5 heteroatoms. The van der Waals surface area contributed by atoms with Crippen LogP contribution in [-0.2, 0) is 16.5 Å². The first-order chi connectivity index (χ1) is 8.84. The Morgan fingerprint density at radius 3 is 2.10 bits per heavy atom. The second-order valence-corrected chi connectivity index (χ2v) is 6.34. The van der Waals surface area contributed by atoms with Crippen LogP contribution in [0.25, 0.3) is 11.1 Å². The summed E-state index contributed by atoms with van der Waals surface area (Å²) in [5, 5.41) is 0. The van der Waals surface area contributed by atoms with Crippen LogP contribution in [0.15, 0.2) is 35.2 Å². The van der Waals surface area contributed by atoms with Gasteiger partial charge in [-0.1, -0.05) is 45.0 Å². The summed E-state index contributed by atoms with van der Waals surface area (Å²) in [7, 11) is -4.43. The smallest absolute Gasteiger partial charge is 0.744 e. The van der Waals surface area contributed by atoms with E-state index in [9.17, 15) is 13.0 Å². The Morgan fingerprint density at radius 2 is 1.65 bits per heavy atom. The van der Waals surface area contributed by atoms with Crippen molar-refractivity contribution in [3.05, 3.63) is 41.5 Å². The summed E-state index contributed by atoms with van der Waals surface area (Å²) in [5.41, 5.74) is 3.39. The predicted octanol–water partition coefficient (Wildman–Crippen LogP) is 0.385. The summed E-state index contributed by atoms with van der Waals surface area (Å²) in [6.07, 6.45) is 0.701. The normalized spacial score (nSPS) is 11.7. The molecule has 0 fully saturated rings. The van der Waals surface area contributed by atoms with Crippen LogP contribution in [0, 0.1) is 0 Å². The molecular weight excluding hydrogens is 283 g/mol. The molecular formula is C15H17NaO3S. The van der Waals surface area contributed by atoms with E-state index >= 15 is 0 Å². The van der Waals surface area contributed by atoms with Gasteiger partial charge < -0.3 is 4.55 Å². The second-order valence-electron chi connectivity index (χ2n) is 4.99. The Hall–Kier alpha value is -0.390. The van der Waals surface area contributed by atoms with E-state index in [1.807, 2.05) is 25.1 Å². The Kier molecular flexibility index (Phi) is 5.81. The fourth-order valence-corrected chi connectivity index (χ4v) is 3.02. The Bertz CT molecular complexity index is 678. The maximum absolute atomic E-state index is 11.3. The fraction of sp³-hybridized carbons (Fsp3) is 0.333. The molecule has 2 aliphatic rings. The minimum absolute atomic E-state index is 0. The standard InChI is InChI=1S/C15H18O3S.Na/c1-4-11-9-15(19(16,17)18)14-8-6-12(10(2)3)5-7-13(11)14;/h5-10H,4H2,1-3H3,(H,16,17,18);/q;+1/p-1. The first-order valence-electron chi connectivity index (χ1n) is 6.36. The molecule has 0 bridgehead atoms. The minimum Gasteiger partial charge on any atom is -0.744 e. The summed E-state index contributed by atoms with van der Waals surface area (Å²) < 4.78 is 34.0. The molecule has 0 aromatic rings. The van der Waals surface area contributed by atoms with E-state index in [1.54, 1.807) is 6.07 Å². The second kappa shape index (κ2) is 6.58. The summed E-state index contributed by atoms with van der Waals surface area (Å²) in [6.45, 7) is 6.10. The van der Waals surface area contributed by atoms with Crippen LogP contribution in [-0.4, -0.2) is 13.0 Å². The summed E-state index contributed by atoms with van der Waals surface area (Å²) in [4.78, 5) is -0.106. The number of fused-ring (bicyclic) bond motifs is 1. The van der Waals surface area contributed by atoms with Crippen molar-refractivity contribution in [2.45, 2.75) is 38.0 Å². The monoisotopic (exact) mass is 300 g/mol. The molecule has 2 rings (SSSR count). The van der Waals surface area contributed by atoms with Crippen LogP contribution in [0.2, 0.25) is 0 Å². The van der Waals surface area contributed by atoms with E-state index in [0.29, 0.717) is 17.9 Å². The molecule has 0 aliphatic heterocycles. The zero-order valence-electron chi connectivity index (χ0n) is 12.3. The molecule has 0 saturated carbocycles. The fourth-order valence-electron chi connectivity index (χ4n) is 2.29. The van der Waals surface area contributed by atoms with E-state index in [2.05, 4.69) is 13.8 Å². The average molecular weight is 300 g/mol. The van der Waals surface area contributed by atoms with Crippen molar-refractivity contribution in [3.63, 3.8) is 0 Å². The van der Waals surface area contributed by atoms with Crippen molar-refractivity contribution >= 4 is 10.1 Å². The maximum Gasteiger partial charge on any atom is 1.00 e.